The fourth-order valence-corrected chi connectivity index (χ4v) is 1.80. The van der Waals surface area contributed by atoms with Gasteiger partial charge in [-0.2, -0.15) is 0 Å². The Morgan fingerprint density at radius 3 is 2.32 bits per heavy atom. The zero-order valence-corrected chi connectivity index (χ0v) is 10.0. The summed E-state index contributed by atoms with van der Waals surface area (Å²) in [6, 6.07) is 4.00. The summed E-state index contributed by atoms with van der Waals surface area (Å²) in [7, 11) is 0. The molecule has 2 rings (SSSR count). The lowest BCUT2D eigenvalue weighted by Gasteiger charge is -2.14. The lowest BCUT2D eigenvalue weighted by molar-refractivity contribution is 0.0390. The van der Waals surface area contributed by atoms with E-state index in [9.17, 15) is 14.4 Å². The third kappa shape index (κ3) is 2.73. The minimum atomic E-state index is -1.29. The number of benzene rings is 1. The van der Waals surface area contributed by atoms with Crippen molar-refractivity contribution in [1.82, 2.24) is 0 Å². The molecule has 19 heavy (non-hydrogen) atoms. The summed E-state index contributed by atoms with van der Waals surface area (Å²) in [5.41, 5.74) is -0.589. The zero-order chi connectivity index (χ0) is 13.8. The molecule has 1 aliphatic rings. The highest BCUT2D eigenvalue weighted by Gasteiger charge is 2.26. The molecule has 1 aromatic rings. The summed E-state index contributed by atoms with van der Waals surface area (Å²) < 4.78 is 9.96. The van der Waals surface area contributed by atoms with Crippen LogP contribution >= 0.6 is 0 Å². The van der Waals surface area contributed by atoms with Crippen LogP contribution in [0.1, 0.15) is 43.9 Å². The van der Waals surface area contributed by atoms with Gasteiger partial charge < -0.3 is 14.6 Å². The lowest BCUT2D eigenvalue weighted by Crippen LogP contribution is -2.20. The van der Waals surface area contributed by atoms with Gasteiger partial charge in [0.15, 0.2) is 0 Å². The molecule has 0 unspecified atom stereocenters. The molecular formula is C13H12O6. The van der Waals surface area contributed by atoms with Crippen molar-refractivity contribution in [3.8, 4) is 0 Å². The second-order valence-electron chi connectivity index (χ2n) is 4.01. The number of hydrogen-bond donors (Lipinski definition) is 1. The van der Waals surface area contributed by atoms with Gasteiger partial charge in [0.2, 0.25) is 0 Å². The standard InChI is InChI=1S/C13H12O6/c14-11(15)8-4-3-5-9-10(8)13(17)19-7-2-1-6-18-12(9)16/h3-5H,1-2,6-7H2,(H,14,15). The second-order valence-corrected chi connectivity index (χ2v) is 4.01. The predicted octanol–water partition coefficient (Wildman–Crippen LogP) is 1.49. The number of rotatable bonds is 1. The van der Waals surface area contributed by atoms with Gasteiger partial charge in [-0.05, 0) is 25.0 Å². The lowest BCUT2D eigenvalue weighted by atomic mass is 10.0. The number of esters is 2. The molecule has 0 radical (unpaired) electrons. The molecule has 6 heteroatoms. The Bertz CT molecular complexity index is 534. The molecule has 100 valence electrons. The second kappa shape index (κ2) is 5.51. The van der Waals surface area contributed by atoms with Gasteiger partial charge in [0.05, 0.1) is 29.9 Å². The van der Waals surface area contributed by atoms with E-state index in [1.54, 1.807) is 0 Å². The molecule has 0 saturated heterocycles. The summed E-state index contributed by atoms with van der Waals surface area (Å²) in [4.78, 5) is 34.8. The molecule has 1 aromatic carbocycles. The first-order valence-electron chi connectivity index (χ1n) is 5.82. The average molecular weight is 264 g/mol. The van der Waals surface area contributed by atoms with Crippen LogP contribution in [0.25, 0.3) is 0 Å². The van der Waals surface area contributed by atoms with Gasteiger partial charge in [-0.25, -0.2) is 14.4 Å². The van der Waals surface area contributed by atoms with Crippen LogP contribution in [-0.4, -0.2) is 36.2 Å². The highest BCUT2D eigenvalue weighted by atomic mass is 16.5. The molecule has 0 saturated carbocycles. The minimum absolute atomic E-state index is 0.0770. The minimum Gasteiger partial charge on any atom is -0.478 e. The first kappa shape index (κ1) is 13.1. The van der Waals surface area contributed by atoms with Gasteiger partial charge in [-0.15, -0.1) is 0 Å². The molecule has 6 nitrogen and oxygen atoms in total. The Hall–Kier alpha value is -2.37. The van der Waals surface area contributed by atoms with Crippen molar-refractivity contribution in [2.24, 2.45) is 0 Å². The number of cyclic esters (lactones) is 2. The number of carboxylic acid groups (broad SMARTS) is 1. The van der Waals surface area contributed by atoms with Crippen LogP contribution in [0.4, 0.5) is 0 Å². The quantitative estimate of drug-likeness (QED) is 0.773. The Morgan fingerprint density at radius 2 is 1.68 bits per heavy atom. The van der Waals surface area contributed by atoms with Crippen molar-refractivity contribution >= 4 is 17.9 Å². The van der Waals surface area contributed by atoms with E-state index in [2.05, 4.69) is 0 Å². The number of ether oxygens (including phenoxy) is 2. The van der Waals surface area contributed by atoms with Gasteiger partial charge in [0.25, 0.3) is 0 Å². The summed E-state index contributed by atoms with van der Waals surface area (Å²) in [5.74, 6) is -2.82. The van der Waals surface area contributed by atoms with E-state index in [0.717, 1.165) is 0 Å². The molecule has 0 aromatic heterocycles. The topological polar surface area (TPSA) is 89.9 Å². The summed E-state index contributed by atoms with van der Waals surface area (Å²) >= 11 is 0. The fraction of sp³-hybridized carbons (Fsp3) is 0.308. The summed E-state index contributed by atoms with van der Waals surface area (Å²) in [5, 5.41) is 9.07. The number of aromatic carboxylic acids is 1. The number of carbonyl (C=O) groups excluding carboxylic acids is 2. The SMILES string of the molecule is O=C(O)c1cccc2c1C(=O)OCCCCOC2=O. The Kier molecular flexibility index (Phi) is 3.79. The molecule has 0 fully saturated rings. The van der Waals surface area contributed by atoms with Crippen molar-refractivity contribution in [3.05, 3.63) is 34.9 Å². The van der Waals surface area contributed by atoms with Crippen LogP contribution in [0.15, 0.2) is 18.2 Å². The maximum absolute atomic E-state index is 11.9. The van der Waals surface area contributed by atoms with Crippen molar-refractivity contribution in [1.29, 1.82) is 0 Å². The fourth-order valence-electron chi connectivity index (χ4n) is 1.80. The third-order valence-corrected chi connectivity index (χ3v) is 2.72. The maximum atomic E-state index is 11.9. The van der Waals surface area contributed by atoms with Crippen LogP contribution in [0.2, 0.25) is 0 Å². The van der Waals surface area contributed by atoms with Gasteiger partial charge >= 0.3 is 17.9 Å². The Balaban J connectivity index is 2.55. The number of carbonyl (C=O) groups is 3. The van der Waals surface area contributed by atoms with E-state index in [1.807, 2.05) is 0 Å². The normalized spacial score (nSPS) is 16.0. The highest BCUT2D eigenvalue weighted by molar-refractivity contribution is 6.10. The Labute approximate surface area is 108 Å². The van der Waals surface area contributed by atoms with Crippen LogP contribution in [0, 0.1) is 0 Å². The van der Waals surface area contributed by atoms with E-state index >= 15 is 0 Å². The predicted molar refractivity (Wildman–Crippen MR) is 63.2 cm³/mol. The monoisotopic (exact) mass is 264 g/mol. The van der Waals surface area contributed by atoms with E-state index in [-0.39, 0.29) is 29.9 Å². The largest absolute Gasteiger partial charge is 0.478 e. The third-order valence-electron chi connectivity index (χ3n) is 2.72. The van der Waals surface area contributed by atoms with Crippen molar-refractivity contribution in [2.75, 3.05) is 13.2 Å². The first-order valence-corrected chi connectivity index (χ1v) is 5.82. The molecule has 0 bridgehead atoms. The van der Waals surface area contributed by atoms with E-state index in [0.29, 0.717) is 12.8 Å². The molecule has 0 aliphatic carbocycles. The van der Waals surface area contributed by atoms with Crippen LogP contribution in [0.5, 0.6) is 0 Å². The van der Waals surface area contributed by atoms with E-state index < -0.39 is 17.9 Å². The number of fused-ring (bicyclic) bond motifs is 1. The van der Waals surface area contributed by atoms with E-state index in [1.165, 1.54) is 18.2 Å². The smallest absolute Gasteiger partial charge is 0.339 e. The van der Waals surface area contributed by atoms with Gasteiger partial charge in [-0.1, -0.05) is 6.07 Å². The summed E-state index contributed by atoms with van der Waals surface area (Å²) in [6.07, 6.45) is 1.15. The van der Waals surface area contributed by atoms with Crippen LogP contribution in [0.3, 0.4) is 0 Å². The van der Waals surface area contributed by atoms with Crippen molar-refractivity contribution < 1.29 is 29.0 Å². The molecule has 1 aliphatic heterocycles. The van der Waals surface area contributed by atoms with Gasteiger partial charge in [0.1, 0.15) is 0 Å². The molecule has 1 N–H and O–H groups in total. The van der Waals surface area contributed by atoms with E-state index in [4.69, 9.17) is 14.6 Å². The number of hydrogen-bond acceptors (Lipinski definition) is 5. The molecular weight excluding hydrogens is 252 g/mol. The van der Waals surface area contributed by atoms with Crippen LogP contribution < -0.4 is 0 Å². The van der Waals surface area contributed by atoms with Gasteiger partial charge in [0, 0.05) is 0 Å². The summed E-state index contributed by atoms with van der Waals surface area (Å²) in [6.45, 7) is 0.386. The van der Waals surface area contributed by atoms with Gasteiger partial charge in [-0.3, -0.25) is 0 Å². The average Bonchev–Trinajstić information content (AvgIpc) is 2.40. The first-order chi connectivity index (χ1) is 9.11. The molecule has 0 atom stereocenters. The molecule has 0 amide bonds. The Morgan fingerprint density at radius 1 is 1.05 bits per heavy atom. The zero-order valence-electron chi connectivity index (χ0n) is 10.0. The van der Waals surface area contributed by atoms with Crippen LogP contribution in [-0.2, 0) is 9.47 Å². The number of carboxylic acids is 1. The van der Waals surface area contributed by atoms with Crippen molar-refractivity contribution in [2.45, 2.75) is 12.8 Å². The van der Waals surface area contributed by atoms with Crippen molar-refractivity contribution in [3.63, 3.8) is 0 Å². The molecule has 0 spiro atoms. The maximum Gasteiger partial charge on any atom is 0.339 e. The highest BCUT2D eigenvalue weighted by Crippen LogP contribution is 2.19. The molecule has 1 heterocycles.